The van der Waals surface area contributed by atoms with E-state index in [9.17, 15) is 0 Å². The van der Waals surface area contributed by atoms with E-state index in [-0.39, 0.29) is 6.61 Å². The summed E-state index contributed by atoms with van der Waals surface area (Å²) in [5.41, 5.74) is 2.07. The van der Waals surface area contributed by atoms with Gasteiger partial charge in [-0.15, -0.1) is 11.8 Å². The van der Waals surface area contributed by atoms with E-state index in [0.717, 1.165) is 26.8 Å². The molecule has 0 aliphatic rings. The minimum absolute atomic E-state index is 0.0838. The van der Waals surface area contributed by atoms with Gasteiger partial charge in [0, 0.05) is 15.7 Å². The predicted molar refractivity (Wildman–Crippen MR) is 73.4 cm³/mol. The van der Waals surface area contributed by atoms with Gasteiger partial charge in [-0.3, -0.25) is 0 Å². The molecule has 17 heavy (non-hydrogen) atoms. The molecule has 0 spiro atoms. The van der Waals surface area contributed by atoms with Gasteiger partial charge in [-0.05, 0) is 29.3 Å². The Balaban J connectivity index is 2.05. The van der Waals surface area contributed by atoms with Crippen molar-refractivity contribution in [2.24, 2.45) is 0 Å². The summed E-state index contributed by atoms with van der Waals surface area (Å²) in [5, 5.41) is 9.87. The van der Waals surface area contributed by atoms with E-state index in [0.29, 0.717) is 0 Å². The lowest BCUT2D eigenvalue weighted by Gasteiger charge is -2.05. The summed E-state index contributed by atoms with van der Waals surface area (Å²) in [7, 11) is 0. The van der Waals surface area contributed by atoms with E-state index >= 15 is 0 Å². The van der Waals surface area contributed by atoms with E-state index in [1.54, 1.807) is 11.8 Å². The van der Waals surface area contributed by atoms with E-state index in [1.165, 1.54) is 0 Å². The highest BCUT2D eigenvalue weighted by molar-refractivity contribution is 7.98. The van der Waals surface area contributed by atoms with Crippen LogP contribution in [0.2, 0.25) is 5.02 Å². The van der Waals surface area contributed by atoms with Gasteiger partial charge in [-0.25, -0.2) is 0 Å². The second-order valence-electron chi connectivity index (χ2n) is 3.69. The van der Waals surface area contributed by atoms with Crippen molar-refractivity contribution in [2.45, 2.75) is 17.3 Å². The topological polar surface area (TPSA) is 20.2 Å². The van der Waals surface area contributed by atoms with Crippen molar-refractivity contribution in [3.63, 3.8) is 0 Å². The minimum Gasteiger partial charge on any atom is -0.392 e. The highest BCUT2D eigenvalue weighted by atomic mass is 35.5. The van der Waals surface area contributed by atoms with Crippen LogP contribution in [0.5, 0.6) is 0 Å². The summed E-state index contributed by atoms with van der Waals surface area (Å²) >= 11 is 7.82. The highest BCUT2D eigenvalue weighted by Gasteiger charge is 2.01. The zero-order valence-electron chi connectivity index (χ0n) is 9.27. The molecule has 0 radical (unpaired) electrons. The molecular formula is C14H13ClOS. The van der Waals surface area contributed by atoms with E-state index in [1.807, 2.05) is 48.5 Å². The van der Waals surface area contributed by atoms with Crippen LogP contribution in [0.15, 0.2) is 53.4 Å². The third-order valence-electron chi connectivity index (χ3n) is 2.43. The molecule has 0 aromatic heterocycles. The normalized spacial score (nSPS) is 10.5. The lowest BCUT2D eigenvalue weighted by molar-refractivity contribution is 0.281. The molecule has 1 N–H and O–H groups in total. The molecule has 0 bridgehead atoms. The second-order valence-corrected chi connectivity index (χ2v) is 5.14. The molecule has 2 aromatic carbocycles. The second kappa shape index (κ2) is 6.10. The first-order valence-electron chi connectivity index (χ1n) is 5.35. The van der Waals surface area contributed by atoms with Gasteiger partial charge in [-0.1, -0.05) is 41.9 Å². The van der Waals surface area contributed by atoms with Crippen LogP contribution in [0, 0.1) is 0 Å². The highest BCUT2D eigenvalue weighted by Crippen LogP contribution is 2.27. The zero-order chi connectivity index (χ0) is 12.1. The van der Waals surface area contributed by atoms with Crippen LogP contribution >= 0.6 is 23.4 Å². The molecule has 0 heterocycles. The van der Waals surface area contributed by atoms with Gasteiger partial charge in [0.1, 0.15) is 0 Å². The summed E-state index contributed by atoms with van der Waals surface area (Å²) < 4.78 is 0. The van der Waals surface area contributed by atoms with Crippen molar-refractivity contribution in [3.05, 3.63) is 64.7 Å². The number of rotatable bonds is 4. The summed E-state index contributed by atoms with van der Waals surface area (Å²) in [4.78, 5) is 1.15. The summed E-state index contributed by atoms with van der Waals surface area (Å²) in [6, 6.07) is 15.8. The third kappa shape index (κ3) is 3.50. The van der Waals surface area contributed by atoms with Crippen LogP contribution in [0.25, 0.3) is 0 Å². The smallest absolute Gasteiger partial charge is 0.0682 e. The molecule has 0 amide bonds. The van der Waals surface area contributed by atoms with Crippen molar-refractivity contribution < 1.29 is 5.11 Å². The molecule has 0 saturated heterocycles. The number of thioether (sulfide) groups is 1. The minimum atomic E-state index is 0.0838. The number of hydrogen-bond acceptors (Lipinski definition) is 2. The lowest BCUT2D eigenvalue weighted by atomic mass is 10.2. The Morgan fingerprint density at radius 1 is 1.06 bits per heavy atom. The Morgan fingerprint density at radius 2 is 1.88 bits per heavy atom. The van der Waals surface area contributed by atoms with Gasteiger partial charge >= 0.3 is 0 Å². The number of benzene rings is 2. The van der Waals surface area contributed by atoms with Crippen molar-refractivity contribution in [1.29, 1.82) is 0 Å². The molecule has 0 atom stereocenters. The summed E-state index contributed by atoms with van der Waals surface area (Å²) in [5.74, 6) is 0.842. The first-order chi connectivity index (χ1) is 8.29. The maximum Gasteiger partial charge on any atom is 0.0682 e. The van der Waals surface area contributed by atoms with Gasteiger partial charge in [-0.2, -0.15) is 0 Å². The van der Waals surface area contributed by atoms with Crippen molar-refractivity contribution in [3.8, 4) is 0 Å². The van der Waals surface area contributed by atoms with Crippen LogP contribution in [-0.2, 0) is 12.4 Å². The largest absolute Gasteiger partial charge is 0.392 e. The first-order valence-corrected chi connectivity index (χ1v) is 6.72. The van der Waals surface area contributed by atoms with Crippen molar-refractivity contribution >= 4 is 23.4 Å². The van der Waals surface area contributed by atoms with E-state index in [2.05, 4.69) is 0 Å². The molecule has 1 nitrogen and oxygen atoms in total. The average molecular weight is 265 g/mol. The predicted octanol–water partition coefficient (Wildman–Crippen LogP) is 4.12. The van der Waals surface area contributed by atoms with Crippen molar-refractivity contribution in [1.82, 2.24) is 0 Å². The fourth-order valence-electron chi connectivity index (χ4n) is 1.51. The molecule has 0 unspecified atom stereocenters. The Morgan fingerprint density at radius 3 is 2.65 bits per heavy atom. The quantitative estimate of drug-likeness (QED) is 0.838. The van der Waals surface area contributed by atoms with Crippen LogP contribution < -0.4 is 0 Å². The Hall–Kier alpha value is -0.960. The van der Waals surface area contributed by atoms with Crippen LogP contribution in [0.3, 0.4) is 0 Å². The maximum atomic E-state index is 9.06. The van der Waals surface area contributed by atoms with Crippen molar-refractivity contribution in [2.75, 3.05) is 0 Å². The summed E-state index contributed by atoms with van der Waals surface area (Å²) in [6.45, 7) is 0.0838. The molecule has 88 valence electrons. The van der Waals surface area contributed by atoms with Gasteiger partial charge in [0.05, 0.1) is 6.61 Å². The van der Waals surface area contributed by atoms with Gasteiger partial charge in [0.2, 0.25) is 0 Å². The molecule has 0 fully saturated rings. The van der Waals surface area contributed by atoms with E-state index < -0.39 is 0 Å². The Labute approximate surface area is 110 Å². The average Bonchev–Trinajstić information content (AvgIpc) is 2.38. The van der Waals surface area contributed by atoms with Gasteiger partial charge in [0.25, 0.3) is 0 Å². The van der Waals surface area contributed by atoms with E-state index in [4.69, 9.17) is 16.7 Å². The van der Waals surface area contributed by atoms with Gasteiger partial charge < -0.3 is 5.11 Å². The lowest BCUT2D eigenvalue weighted by Crippen LogP contribution is -1.85. The Kier molecular flexibility index (Phi) is 4.49. The number of aliphatic hydroxyl groups is 1. The van der Waals surface area contributed by atoms with Crippen LogP contribution in [-0.4, -0.2) is 5.11 Å². The SMILES string of the molecule is OCc1cccc(SCc2ccccc2Cl)c1. The maximum absolute atomic E-state index is 9.06. The number of halogens is 1. The standard InChI is InChI=1S/C14H13ClOS/c15-14-7-2-1-5-12(14)10-17-13-6-3-4-11(8-13)9-16/h1-8,16H,9-10H2. The molecular weight excluding hydrogens is 252 g/mol. The van der Waals surface area contributed by atoms with Gasteiger partial charge in [0.15, 0.2) is 0 Å². The molecule has 3 heteroatoms. The number of hydrogen-bond donors (Lipinski definition) is 1. The third-order valence-corrected chi connectivity index (χ3v) is 3.84. The monoisotopic (exact) mass is 264 g/mol. The molecule has 0 aliphatic heterocycles. The fourth-order valence-corrected chi connectivity index (χ4v) is 2.78. The van der Waals surface area contributed by atoms with Crippen LogP contribution in [0.4, 0.5) is 0 Å². The van der Waals surface area contributed by atoms with Crippen LogP contribution in [0.1, 0.15) is 11.1 Å². The molecule has 2 rings (SSSR count). The Bertz CT molecular complexity index is 499. The molecule has 0 saturated carbocycles. The molecule has 0 aliphatic carbocycles. The zero-order valence-corrected chi connectivity index (χ0v) is 10.8. The number of aliphatic hydroxyl groups excluding tert-OH is 1. The fraction of sp³-hybridized carbons (Fsp3) is 0.143. The first kappa shape index (κ1) is 12.5. The molecule has 2 aromatic rings. The summed E-state index contributed by atoms with van der Waals surface area (Å²) in [6.07, 6.45) is 0.